The molecule has 158 valence electrons. The van der Waals surface area contributed by atoms with Crippen molar-refractivity contribution in [3.8, 4) is 0 Å². The Morgan fingerprint density at radius 3 is 2.55 bits per heavy atom. The Balaban J connectivity index is 0.00000300. The molecule has 0 aromatic heterocycles. The number of hydrogen-bond acceptors (Lipinski definition) is 2. The lowest BCUT2D eigenvalue weighted by molar-refractivity contribution is 0.616. The molecule has 1 saturated carbocycles. The molecule has 0 radical (unpaired) electrons. The number of rotatable bonds is 9. The van der Waals surface area contributed by atoms with Crippen LogP contribution in [0.25, 0.3) is 0 Å². The van der Waals surface area contributed by atoms with Crippen LogP contribution in [-0.4, -0.2) is 35.6 Å². The number of guanidine groups is 1. The number of hydrogen-bond donors (Lipinski definition) is 2. The van der Waals surface area contributed by atoms with E-state index in [1.54, 1.807) is 12.1 Å². The Bertz CT molecular complexity index is 828. The first kappa shape index (κ1) is 23.8. The highest BCUT2D eigenvalue weighted by atomic mass is 127. The molecule has 2 aromatic rings. The molecular weight excluding hydrogens is 500 g/mol. The SMILES string of the molecule is CCNC(=NCC1(c2cccc(F)c2)CC1)NCCS(=O)Cc1ccccc1.I. The van der Waals surface area contributed by atoms with Crippen LogP contribution in [0, 0.1) is 5.82 Å². The van der Waals surface area contributed by atoms with Crippen LogP contribution < -0.4 is 10.6 Å². The predicted octanol–water partition coefficient (Wildman–Crippen LogP) is 3.98. The summed E-state index contributed by atoms with van der Waals surface area (Å²) in [7, 11) is -0.919. The fourth-order valence-corrected chi connectivity index (χ4v) is 4.23. The molecule has 0 aliphatic heterocycles. The van der Waals surface area contributed by atoms with E-state index in [-0.39, 0.29) is 35.2 Å². The highest BCUT2D eigenvalue weighted by Gasteiger charge is 2.44. The number of benzene rings is 2. The van der Waals surface area contributed by atoms with Gasteiger partial charge in [-0.15, -0.1) is 24.0 Å². The first-order chi connectivity index (χ1) is 13.6. The minimum Gasteiger partial charge on any atom is -0.357 e. The van der Waals surface area contributed by atoms with Crippen LogP contribution in [0.3, 0.4) is 0 Å². The van der Waals surface area contributed by atoms with Crippen molar-refractivity contribution >= 4 is 40.7 Å². The monoisotopic (exact) mass is 529 g/mol. The molecule has 2 aromatic carbocycles. The van der Waals surface area contributed by atoms with E-state index in [2.05, 4.69) is 10.6 Å². The van der Waals surface area contributed by atoms with Gasteiger partial charge in [-0.2, -0.15) is 0 Å². The molecule has 1 atom stereocenters. The number of aliphatic imine (C=N–C) groups is 1. The first-order valence-electron chi connectivity index (χ1n) is 9.78. The van der Waals surface area contributed by atoms with Gasteiger partial charge in [0.2, 0.25) is 0 Å². The molecule has 0 bridgehead atoms. The Morgan fingerprint density at radius 1 is 1.14 bits per heavy atom. The van der Waals surface area contributed by atoms with Gasteiger partial charge in [-0.3, -0.25) is 9.20 Å². The lowest BCUT2D eigenvalue weighted by Crippen LogP contribution is -2.39. The quantitative estimate of drug-likeness (QED) is 0.294. The van der Waals surface area contributed by atoms with Crippen molar-refractivity contribution in [1.29, 1.82) is 0 Å². The lowest BCUT2D eigenvalue weighted by atomic mass is 9.96. The van der Waals surface area contributed by atoms with E-state index in [0.717, 1.165) is 36.5 Å². The smallest absolute Gasteiger partial charge is 0.191 e. The van der Waals surface area contributed by atoms with E-state index >= 15 is 0 Å². The molecule has 0 saturated heterocycles. The van der Waals surface area contributed by atoms with Gasteiger partial charge >= 0.3 is 0 Å². The molecule has 7 heteroatoms. The topological polar surface area (TPSA) is 53.5 Å². The maximum absolute atomic E-state index is 13.6. The van der Waals surface area contributed by atoms with E-state index in [9.17, 15) is 8.60 Å². The maximum atomic E-state index is 13.6. The maximum Gasteiger partial charge on any atom is 0.191 e. The lowest BCUT2D eigenvalue weighted by Gasteiger charge is -2.16. The summed E-state index contributed by atoms with van der Waals surface area (Å²) in [5, 5.41) is 6.51. The Morgan fingerprint density at radius 2 is 1.90 bits per heavy atom. The molecule has 2 N–H and O–H groups in total. The third-order valence-corrected chi connectivity index (χ3v) is 6.28. The van der Waals surface area contributed by atoms with Crippen LogP contribution in [0.15, 0.2) is 59.6 Å². The van der Waals surface area contributed by atoms with E-state index in [1.165, 1.54) is 6.07 Å². The van der Waals surface area contributed by atoms with E-state index in [1.807, 2.05) is 43.3 Å². The van der Waals surface area contributed by atoms with Crippen molar-refractivity contribution in [1.82, 2.24) is 10.6 Å². The zero-order valence-corrected chi connectivity index (χ0v) is 19.8. The first-order valence-corrected chi connectivity index (χ1v) is 11.3. The van der Waals surface area contributed by atoms with Crippen molar-refractivity contribution in [2.45, 2.75) is 30.9 Å². The Kier molecular flexibility index (Phi) is 9.55. The molecule has 1 aliphatic carbocycles. The second-order valence-electron chi connectivity index (χ2n) is 7.19. The van der Waals surface area contributed by atoms with Gasteiger partial charge in [-0.05, 0) is 43.0 Å². The van der Waals surface area contributed by atoms with Crippen molar-refractivity contribution in [3.63, 3.8) is 0 Å². The highest BCUT2D eigenvalue weighted by molar-refractivity contribution is 14.0. The van der Waals surface area contributed by atoms with Gasteiger partial charge in [0.1, 0.15) is 5.82 Å². The second-order valence-corrected chi connectivity index (χ2v) is 8.76. The number of nitrogens with one attached hydrogen (secondary N) is 2. The minimum absolute atomic E-state index is 0. The largest absolute Gasteiger partial charge is 0.357 e. The zero-order chi connectivity index (χ0) is 19.8. The van der Waals surface area contributed by atoms with Crippen LogP contribution in [0.2, 0.25) is 0 Å². The standard InChI is InChI=1S/C22H28FN3OS.HI/c1-2-24-21(25-13-14-28(27)16-18-7-4-3-5-8-18)26-17-22(11-12-22)19-9-6-10-20(23)15-19;/h3-10,15H,2,11-14,16-17H2,1H3,(H2,24,25,26);1H. The highest BCUT2D eigenvalue weighted by Crippen LogP contribution is 2.48. The zero-order valence-electron chi connectivity index (χ0n) is 16.7. The summed E-state index contributed by atoms with van der Waals surface area (Å²) in [6.45, 7) is 3.99. The van der Waals surface area contributed by atoms with Crippen LogP contribution in [0.4, 0.5) is 4.39 Å². The van der Waals surface area contributed by atoms with E-state index in [4.69, 9.17) is 4.99 Å². The van der Waals surface area contributed by atoms with Gasteiger partial charge in [0.15, 0.2) is 5.96 Å². The van der Waals surface area contributed by atoms with Crippen molar-refractivity contribution < 1.29 is 8.60 Å². The summed E-state index contributed by atoms with van der Waals surface area (Å²) in [5.41, 5.74) is 2.07. The molecule has 0 heterocycles. The molecule has 1 unspecified atom stereocenters. The van der Waals surface area contributed by atoms with Crippen molar-refractivity contribution in [3.05, 3.63) is 71.5 Å². The Hall–Kier alpha value is -1.48. The van der Waals surface area contributed by atoms with Crippen LogP contribution in [-0.2, 0) is 22.0 Å². The van der Waals surface area contributed by atoms with Gasteiger partial charge in [0.05, 0.1) is 6.54 Å². The van der Waals surface area contributed by atoms with Crippen molar-refractivity contribution in [2.24, 2.45) is 4.99 Å². The average Bonchev–Trinajstić information content (AvgIpc) is 3.48. The van der Waals surface area contributed by atoms with Crippen molar-refractivity contribution in [2.75, 3.05) is 25.4 Å². The normalized spacial score (nSPS) is 15.9. The summed E-state index contributed by atoms with van der Waals surface area (Å²) in [4.78, 5) is 4.71. The molecular formula is C22H29FIN3OS. The minimum atomic E-state index is -0.919. The third kappa shape index (κ3) is 7.37. The van der Waals surface area contributed by atoms with Gasteiger partial charge in [-0.1, -0.05) is 42.5 Å². The Labute approximate surface area is 192 Å². The summed E-state index contributed by atoms with van der Waals surface area (Å²) in [6.07, 6.45) is 2.06. The van der Waals surface area contributed by atoms with Gasteiger partial charge in [0.25, 0.3) is 0 Å². The molecule has 1 fully saturated rings. The predicted molar refractivity (Wildman–Crippen MR) is 130 cm³/mol. The molecule has 29 heavy (non-hydrogen) atoms. The second kappa shape index (κ2) is 11.6. The third-order valence-electron chi connectivity index (χ3n) is 4.97. The summed E-state index contributed by atoms with van der Waals surface area (Å²) < 4.78 is 25.8. The van der Waals surface area contributed by atoms with Gasteiger partial charge < -0.3 is 10.6 Å². The summed E-state index contributed by atoms with van der Waals surface area (Å²) >= 11 is 0. The van der Waals surface area contributed by atoms with E-state index in [0.29, 0.717) is 24.6 Å². The number of nitrogens with zero attached hydrogens (tertiary/aromatic N) is 1. The van der Waals surface area contributed by atoms with Gasteiger partial charge in [0, 0.05) is 40.8 Å². The summed E-state index contributed by atoms with van der Waals surface area (Å²) in [6, 6.07) is 16.7. The average molecular weight is 529 g/mol. The van der Waals surface area contributed by atoms with Gasteiger partial charge in [-0.25, -0.2) is 4.39 Å². The molecule has 0 spiro atoms. The van der Waals surface area contributed by atoms with Crippen LogP contribution in [0.5, 0.6) is 0 Å². The van der Waals surface area contributed by atoms with Crippen LogP contribution in [0.1, 0.15) is 30.9 Å². The number of halogens is 2. The molecule has 3 rings (SSSR count). The van der Waals surface area contributed by atoms with Crippen LogP contribution >= 0.6 is 24.0 Å². The fourth-order valence-electron chi connectivity index (χ4n) is 3.20. The molecule has 4 nitrogen and oxygen atoms in total. The molecule has 1 aliphatic rings. The molecule has 0 amide bonds. The van der Waals surface area contributed by atoms with E-state index < -0.39 is 10.8 Å². The fraction of sp³-hybridized carbons (Fsp3) is 0.409. The summed E-state index contributed by atoms with van der Waals surface area (Å²) in [5.74, 6) is 1.66.